The molecule has 0 unspecified atom stereocenters. The summed E-state index contributed by atoms with van der Waals surface area (Å²) in [5.74, 6) is -1.47. The first-order chi connectivity index (χ1) is 39.1. The van der Waals surface area contributed by atoms with E-state index in [1.54, 1.807) is 0 Å². The van der Waals surface area contributed by atoms with E-state index >= 15 is 14.4 Å². The Morgan fingerprint density at radius 1 is 0.759 bits per heavy atom. The molecule has 1 amide bonds. The number of nitrogens with one attached hydrogen (secondary N) is 1. The molecule has 2 saturated carbocycles. The van der Waals surface area contributed by atoms with Crippen LogP contribution in [0.1, 0.15) is 198 Å². The van der Waals surface area contributed by atoms with Gasteiger partial charge in [0, 0.05) is 38.0 Å². The highest BCUT2D eigenvalue weighted by Gasteiger charge is 2.79. The van der Waals surface area contributed by atoms with Crippen molar-refractivity contribution in [2.75, 3.05) is 18.1 Å². The molecule has 1 aromatic carbocycles. The molecule has 0 spiro atoms. The second kappa shape index (κ2) is 28.6. The van der Waals surface area contributed by atoms with Gasteiger partial charge in [0.2, 0.25) is 5.91 Å². The van der Waals surface area contributed by atoms with Gasteiger partial charge in [0.25, 0.3) is 0 Å². The fraction of sp³-hybridized carbons (Fsp3) is 0.800. The van der Waals surface area contributed by atoms with Gasteiger partial charge in [-0.3, -0.25) is 19.2 Å². The highest BCUT2D eigenvalue weighted by atomic mass is 32.2. The molecule has 2 heterocycles. The first-order valence-corrected chi connectivity index (χ1v) is 41.3. The van der Waals surface area contributed by atoms with Crippen molar-refractivity contribution in [1.29, 1.82) is 0 Å². The largest absolute Gasteiger partial charge is 0.459 e. The molecule has 3 bridgehead atoms. The van der Waals surface area contributed by atoms with E-state index in [0.29, 0.717) is 47.7 Å². The number of ether oxygens (including phenoxy) is 4. The van der Waals surface area contributed by atoms with Crippen molar-refractivity contribution in [2.24, 2.45) is 16.7 Å². The van der Waals surface area contributed by atoms with Crippen molar-refractivity contribution < 1.29 is 61.3 Å². The summed E-state index contributed by atoms with van der Waals surface area (Å²) in [6.45, 7) is 32.0. The zero-order valence-electron chi connectivity index (χ0n) is 54.0. The molecular formula is C65H109NO13SSi3. The van der Waals surface area contributed by atoms with E-state index in [9.17, 15) is 14.7 Å². The van der Waals surface area contributed by atoms with Crippen LogP contribution >= 0.6 is 11.8 Å². The third kappa shape index (κ3) is 14.6. The number of carbonyl (C=O) groups is 5. The molecule has 3 aliphatic carbocycles. The Kier molecular flexibility index (Phi) is 24.0. The molecule has 4 fully saturated rings. The third-order valence-electron chi connectivity index (χ3n) is 21.4. The molecule has 2 N–H and O–H groups in total. The van der Waals surface area contributed by atoms with E-state index in [2.05, 4.69) is 80.7 Å². The van der Waals surface area contributed by atoms with Gasteiger partial charge in [0.05, 0.1) is 30.1 Å². The summed E-state index contributed by atoms with van der Waals surface area (Å²) >= 11 is 1.98. The van der Waals surface area contributed by atoms with Gasteiger partial charge in [-0.05, 0) is 122 Å². The average Bonchev–Trinajstić information content (AvgIpc) is 0.702. The highest BCUT2D eigenvalue weighted by molar-refractivity contribution is 7.99. The van der Waals surface area contributed by atoms with Crippen LogP contribution < -0.4 is 5.32 Å². The predicted octanol–water partition coefficient (Wildman–Crippen LogP) is 14.1. The minimum Gasteiger partial charge on any atom is -0.459 e. The summed E-state index contributed by atoms with van der Waals surface area (Å²) in [6.07, 6.45) is 2.58. The smallest absolute Gasteiger partial charge is 0.337 e. The van der Waals surface area contributed by atoms with Crippen LogP contribution in [0.3, 0.4) is 0 Å². The maximum absolute atomic E-state index is 17.3. The van der Waals surface area contributed by atoms with Gasteiger partial charge in [-0.2, -0.15) is 11.8 Å². The Morgan fingerprint density at radius 3 is 1.83 bits per heavy atom. The van der Waals surface area contributed by atoms with Crippen LogP contribution in [0.25, 0.3) is 0 Å². The molecule has 0 aromatic heterocycles. The molecular weight excluding hydrogens is 1120 g/mol. The maximum Gasteiger partial charge on any atom is 0.337 e. The molecule has 14 nitrogen and oxygen atoms in total. The van der Waals surface area contributed by atoms with Crippen LogP contribution in [0.15, 0.2) is 41.5 Å². The Labute approximate surface area is 507 Å². The van der Waals surface area contributed by atoms with Crippen LogP contribution in [0, 0.1) is 16.7 Å². The molecule has 2 aliphatic heterocycles. The van der Waals surface area contributed by atoms with Crippen molar-refractivity contribution in [2.45, 2.75) is 295 Å². The summed E-state index contributed by atoms with van der Waals surface area (Å²) in [5.41, 5.74) is -5.04. The number of amides is 1. The van der Waals surface area contributed by atoms with Crippen molar-refractivity contribution in [3.63, 3.8) is 0 Å². The minimum atomic E-state index is -2.87. The van der Waals surface area contributed by atoms with Crippen molar-refractivity contribution in [3.8, 4) is 0 Å². The molecule has 11 atom stereocenters. The molecule has 83 heavy (non-hydrogen) atoms. The zero-order chi connectivity index (χ0) is 61.4. The Bertz CT molecular complexity index is 2390. The van der Waals surface area contributed by atoms with Gasteiger partial charge in [-0.15, -0.1) is 0 Å². The SMILES string of the molecule is CC[Si](CC)(CC)O[C@H]1C(=O)[C@]2(C)[C@@H](O[Si](CC)(CC)CC)C[C@H]3OC[C@@]3(OC(C)=O)[C@H]2[C@@H]2OC(=O)CCCCCCCSCCCCCCCC(=O)N[C@@H](c3ccccc3)[C@@H](O[Si](C)(C)C(C)(C)C)C(=O)O[C@H]3C[C@]2(O)C(C)(C)C1=C3C. The highest BCUT2D eigenvalue weighted by Crippen LogP contribution is 2.65. The summed E-state index contributed by atoms with van der Waals surface area (Å²) < 4.78 is 49.7. The number of carbonyl (C=O) groups excluding carboxylic acids is 5. The standard InChI is InChI=1S/C65H109NO13SSi3/c1-17-82(18-2,19-3)77-49-42-50-64(44-73-50,76-46(8)67)57-59-65(72)43-48(45(7)53(62(65,12)13)55(58(70)63(49,57)14)79-83(20-4,21-5)22-6)74-60(71)56(78-81(15,16)61(9,10)11)54(47-36-30-29-31-37-47)66-51(68)38-32-25-23-27-34-40-80-41-35-28-24-26-33-39-52(69)75-59/h29-31,36-37,48-50,54-57,59,72H,17-28,32-35,38-44H2,1-16H3,(H,66,68)/t48-,49-,50+,54-,55+,56+,57-,59-,63+,64-,65+/m0/s1. The predicted molar refractivity (Wildman–Crippen MR) is 338 cm³/mol. The zero-order valence-corrected chi connectivity index (χ0v) is 57.8. The van der Waals surface area contributed by atoms with Gasteiger partial charge in [0.15, 0.2) is 42.4 Å². The lowest BCUT2D eigenvalue weighted by molar-refractivity contribution is -0.346. The molecule has 0 radical (unpaired) electrons. The first kappa shape index (κ1) is 69.4. The summed E-state index contributed by atoms with van der Waals surface area (Å²) in [5, 5.41) is 17.7. The number of thioether (sulfide) groups is 1. The van der Waals surface area contributed by atoms with E-state index < -0.39 is 113 Å². The molecule has 1 aromatic rings. The number of Topliss-reactive ketones (excluding diaryl/α,β-unsaturated/α-hetero) is 1. The van der Waals surface area contributed by atoms with E-state index in [4.69, 9.17) is 32.2 Å². The lowest BCUT2D eigenvalue weighted by Gasteiger charge is -2.68. The van der Waals surface area contributed by atoms with Gasteiger partial charge in [-0.25, -0.2) is 4.79 Å². The molecule has 470 valence electrons. The maximum atomic E-state index is 17.3. The Hall–Kier alpha value is -2.69. The second-order valence-corrected chi connectivity index (χ2v) is 42.8. The number of fused-ring (bicyclic) bond motifs is 6. The van der Waals surface area contributed by atoms with Gasteiger partial charge in [0.1, 0.15) is 30.0 Å². The summed E-state index contributed by atoms with van der Waals surface area (Å²) in [4.78, 5) is 76.5. The average molecular weight is 1230 g/mol. The molecule has 6 rings (SSSR count). The van der Waals surface area contributed by atoms with Crippen molar-refractivity contribution >= 4 is 66.3 Å². The molecule has 18 heteroatoms. The number of aliphatic hydroxyl groups is 1. The number of ketones is 1. The van der Waals surface area contributed by atoms with Crippen LogP contribution in [0.2, 0.25) is 54.4 Å². The fourth-order valence-corrected chi connectivity index (χ4v) is 22.2. The number of esters is 3. The monoisotopic (exact) mass is 1230 g/mol. The van der Waals surface area contributed by atoms with E-state index in [1.807, 2.05) is 69.8 Å². The summed E-state index contributed by atoms with van der Waals surface area (Å²) in [6, 6.07) is 12.9. The quantitative estimate of drug-likeness (QED) is 0.0777. The van der Waals surface area contributed by atoms with E-state index in [1.165, 1.54) is 6.92 Å². The van der Waals surface area contributed by atoms with E-state index in [0.717, 1.165) is 81.0 Å². The van der Waals surface area contributed by atoms with Crippen molar-refractivity contribution in [3.05, 3.63) is 47.0 Å². The van der Waals surface area contributed by atoms with Gasteiger partial charge >= 0.3 is 17.9 Å². The first-order valence-electron chi connectivity index (χ1n) is 32.2. The number of hydrogen-bond acceptors (Lipinski definition) is 14. The van der Waals surface area contributed by atoms with Crippen LogP contribution in [0.4, 0.5) is 0 Å². The van der Waals surface area contributed by atoms with Gasteiger partial charge < -0.3 is 42.6 Å². The molecule has 5 aliphatic rings. The normalized spacial score (nSPS) is 32.5. The van der Waals surface area contributed by atoms with Crippen LogP contribution in [-0.4, -0.2) is 126 Å². The second-order valence-electron chi connectivity index (χ2n) is 27.4. The fourth-order valence-electron chi connectivity index (χ4n) is 14.3. The summed E-state index contributed by atoms with van der Waals surface area (Å²) in [7, 11) is -8.25. The number of hydrogen-bond donors (Lipinski definition) is 2. The van der Waals surface area contributed by atoms with E-state index in [-0.39, 0.29) is 49.0 Å². The number of benzene rings is 1. The lowest BCUT2D eigenvalue weighted by atomic mass is 9.44. The van der Waals surface area contributed by atoms with Crippen molar-refractivity contribution in [1.82, 2.24) is 5.32 Å². The minimum absolute atomic E-state index is 0.0552. The Morgan fingerprint density at radius 2 is 1.30 bits per heavy atom. The van der Waals surface area contributed by atoms with Crippen LogP contribution in [0.5, 0.6) is 0 Å². The van der Waals surface area contributed by atoms with Crippen LogP contribution in [-0.2, 0) is 56.2 Å². The topological polar surface area (TPSA) is 182 Å². The third-order valence-corrected chi connectivity index (χ3v) is 36.2. The Balaban J connectivity index is 1.66. The number of rotatable bonds is 14. The lowest BCUT2D eigenvalue weighted by Crippen LogP contribution is -2.82. The van der Waals surface area contributed by atoms with Gasteiger partial charge in [-0.1, -0.05) is 145 Å². The molecule has 2 saturated heterocycles.